The molecule has 3 N–H and O–H groups in total. The first-order chi connectivity index (χ1) is 9.99. The van der Waals surface area contributed by atoms with E-state index in [-0.39, 0.29) is 0 Å². The minimum absolute atomic E-state index is 0.291. The first-order valence-electron chi connectivity index (χ1n) is 6.25. The van der Waals surface area contributed by atoms with Crippen LogP contribution in [-0.2, 0) is 18.3 Å². The maximum atomic E-state index is 11.7. The summed E-state index contributed by atoms with van der Waals surface area (Å²) in [7, 11) is 4.72. The van der Waals surface area contributed by atoms with Crippen molar-refractivity contribution in [2.75, 3.05) is 25.3 Å². The summed E-state index contributed by atoms with van der Waals surface area (Å²) in [4.78, 5) is 12.0. The highest BCUT2D eigenvalue weighted by molar-refractivity contribution is 7.19. The third-order valence-electron chi connectivity index (χ3n) is 3.25. The number of nitrogen functional groups attached to an aromatic ring is 1. The molecule has 2 rings (SSSR count). The zero-order valence-corrected chi connectivity index (χ0v) is 13.2. The van der Waals surface area contributed by atoms with Crippen molar-refractivity contribution in [3.05, 3.63) is 22.3 Å². The smallest absolute Gasteiger partial charge is 0.350 e. The summed E-state index contributed by atoms with van der Waals surface area (Å²) >= 11 is 1.21. The van der Waals surface area contributed by atoms with Crippen molar-refractivity contribution in [3.8, 4) is 5.75 Å². The van der Waals surface area contributed by atoms with Gasteiger partial charge in [0.15, 0.2) is 5.75 Å². The number of aryl methyl sites for hydroxylation is 1. The zero-order valence-electron chi connectivity index (χ0n) is 12.4. The minimum atomic E-state index is -0.471. The molecule has 2 heterocycles. The Kier molecular flexibility index (Phi) is 4.37. The lowest BCUT2D eigenvalue weighted by Crippen LogP contribution is -2.02. The molecule has 0 aromatic carbocycles. The number of ether oxygens (including phenoxy) is 2. The first-order valence-corrected chi connectivity index (χ1v) is 7.07. The van der Waals surface area contributed by atoms with E-state index in [1.807, 2.05) is 14.0 Å². The molecule has 0 unspecified atom stereocenters. The summed E-state index contributed by atoms with van der Waals surface area (Å²) in [5.41, 5.74) is 8.34. The standard InChI is InChI=1S/C13H18N4O3S/c1-7-8(6-16-17(7)2)5-15-12-10(19-3)9(14)11(21-12)13(18)20-4/h6,15H,5,14H2,1-4H3. The van der Waals surface area contributed by atoms with E-state index in [2.05, 4.69) is 10.4 Å². The number of hydrogen-bond donors (Lipinski definition) is 2. The third-order valence-corrected chi connectivity index (χ3v) is 4.38. The number of rotatable bonds is 5. The molecule has 0 spiro atoms. The number of nitrogens with zero attached hydrogens (tertiary/aromatic N) is 2. The van der Waals surface area contributed by atoms with E-state index in [0.29, 0.717) is 27.9 Å². The van der Waals surface area contributed by atoms with Crippen LogP contribution in [0.4, 0.5) is 10.7 Å². The monoisotopic (exact) mass is 310 g/mol. The molecule has 0 amide bonds. The number of thiophene rings is 1. The van der Waals surface area contributed by atoms with Crippen molar-refractivity contribution < 1.29 is 14.3 Å². The Bertz CT molecular complexity index is 663. The van der Waals surface area contributed by atoms with E-state index in [9.17, 15) is 4.79 Å². The summed E-state index contributed by atoms with van der Waals surface area (Å²) in [5.74, 6) is -0.0108. The Balaban J connectivity index is 2.23. The topological polar surface area (TPSA) is 91.4 Å². The van der Waals surface area contributed by atoms with E-state index in [4.69, 9.17) is 15.2 Å². The van der Waals surface area contributed by atoms with Crippen LogP contribution in [0.25, 0.3) is 0 Å². The van der Waals surface area contributed by atoms with Gasteiger partial charge in [0.25, 0.3) is 0 Å². The molecular weight excluding hydrogens is 292 g/mol. The Morgan fingerprint density at radius 2 is 2.24 bits per heavy atom. The number of hydrogen-bond acceptors (Lipinski definition) is 7. The van der Waals surface area contributed by atoms with Gasteiger partial charge in [0.05, 0.1) is 20.4 Å². The summed E-state index contributed by atoms with van der Waals surface area (Å²) in [5, 5.41) is 8.11. The molecule has 0 saturated heterocycles. The van der Waals surface area contributed by atoms with Gasteiger partial charge < -0.3 is 20.5 Å². The number of esters is 1. The second-order valence-corrected chi connectivity index (χ2v) is 5.45. The molecule has 8 heteroatoms. The van der Waals surface area contributed by atoms with Crippen LogP contribution in [0.2, 0.25) is 0 Å². The lowest BCUT2D eigenvalue weighted by atomic mass is 10.2. The highest BCUT2D eigenvalue weighted by Gasteiger charge is 2.22. The van der Waals surface area contributed by atoms with Crippen molar-refractivity contribution in [1.29, 1.82) is 0 Å². The van der Waals surface area contributed by atoms with Crippen LogP contribution in [0, 0.1) is 6.92 Å². The number of anilines is 2. The molecule has 0 aliphatic carbocycles. The Morgan fingerprint density at radius 1 is 1.52 bits per heavy atom. The fraction of sp³-hybridized carbons (Fsp3) is 0.385. The summed E-state index contributed by atoms with van der Waals surface area (Å²) in [6, 6.07) is 0. The lowest BCUT2D eigenvalue weighted by molar-refractivity contribution is 0.0607. The SMILES string of the molecule is COC(=O)c1sc(NCc2cnn(C)c2C)c(OC)c1N. The summed E-state index contributed by atoms with van der Waals surface area (Å²) in [6.45, 7) is 2.56. The molecule has 0 radical (unpaired) electrons. The normalized spacial score (nSPS) is 10.5. The van der Waals surface area contributed by atoms with Crippen LogP contribution >= 0.6 is 11.3 Å². The first kappa shape index (κ1) is 15.2. The molecule has 2 aromatic heterocycles. The van der Waals surface area contributed by atoms with Gasteiger partial charge in [-0.15, -0.1) is 11.3 Å². The molecule has 0 aliphatic rings. The van der Waals surface area contributed by atoms with Gasteiger partial charge in [-0.1, -0.05) is 0 Å². The van der Waals surface area contributed by atoms with Gasteiger partial charge in [-0.05, 0) is 6.92 Å². The molecule has 2 aromatic rings. The van der Waals surface area contributed by atoms with Crippen LogP contribution in [0.1, 0.15) is 20.9 Å². The number of carbonyl (C=O) groups excluding carboxylic acids is 1. The lowest BCUT2D eigenvalue weighted by Gasteiger charge is -2.06. The second-order valence-electron chi connectivity index (χ2n) is 4.43. The van der Waals surface area contributed by atoms with E-state index >= 15 is 0 Å². The number of carbonyl (C=O) groups is 1. The summed E-state index contributed by atoms with van der Waals surface area (Å²) < 4.78 is 11.8. The third kappa shape index (κ3) is 2.80. The number of methoxy groups -OCH3 is 2. The molecule has 0 aliphatic heterocycles. The molecule has 0 saturated carbocycles. The predicted octanol–water partition coefficient (Wildman–Crippen LogP) is 1.78. The van der Waals surface area contributed by atoms with Crippen LogP contribution in [0.5, 0.6) is 5.75 Å². The average molecular weight is 310 g/mol. The molecule has 114 valence electrons. The van der Waals surface area contributed by atoms with Gasteiger partial charge in [-0.2, -0.15) is 5.10 Å². The zero-order chi connectivity index (χ0) is 15.6. The summed E-state index contributed by atoms with van der Waals surface area (Å²) in [6.07, 6.45) is 1.80. The van der Waals surface area contributed by atoms with Gasteiger partial charge >= 0.3 is 5.97 Å². The Hall–Kier alpha value is -2.22. The van der Waals surface area contributed by atoms with Gasteiger partial charge in [-0.25, -0.2) is 4.79 Å². The minimum Gasteiger partial charge on any atom is -0.492 e. The number of nitrogens with two attached hydrogens (primary N) is 1. The fourth-order valence-corrected chi connectivity index (χ4v) is 2.89. The van der Waals surface area contributed by atoms with Crippen molar-refractivity contribution in [2.24, 2.45) is 7.05 Å². The number of nitrogens with one attached hydrogen (secondary N) is 1. The van der Waals surface area contributed by atoms with Crippen molar-refractivity contribution in [2.45, 2.75) is 13.5 Å². The predicted molar refractivity (Wildman–Crippen MR) is 81.9 cm³/mol. The van der Waals surface area contributed by atoms with E-state index < -0.39 is 5.97 Å². The highest BCUT2D eigenvalue weighted by Crippen LogP contribution is 2.42. The highest BCUT2D eigenvalue weighted by atomic mass is 32.1. The van der Waals surface area contributed by atoms with E-state index in [1.54, 1.807) is 10.9 Å². The molecule has 0 fully saturated rings. The Morgan fingerprint density at radius 3 is 2.76 bits per heavy atom. The fourth-order valence-electron chi connectivity index (χ4n) is 1.89. The van der Waals surface area contributed by atoms with Gasteiger partial charge in [-0.3, -0.25) is 4.68 Å². The average Bonchev–Trinajstić information content (AvgIpc) is 2.97. The molecule has 7 nitrogen and oxygen atoms in total. The largest absolute Gasteiger partial charge is 0.492 e. The van der Waals surface area contributed by atoms with Crippen molar-refractivity contribution in [1.82, 2.24) is 9.78 Å². The second kappa shape index (κ2) is 6.04. The van der Waals surface area contributed by atoms with Gasteiger partial charge in [0.2, 0.25) is 0 Å². The van der Waals surface area contributed by atoms with Crippen molar-refractivity contribution in [3.63, 3.8) is 0 Å². The van der Waals surface area contributed by atoms with Gasteiger partial charge in [0, 0.05) is 24.8 Å². The molecular formula is C13H18N4O3S. The molecule has 0 atom stereocenters. The van der Waals surface area contributed by atoms with Crippen molar-refractivity contribution >= 4 is 28.0 Å². The van der Waals surface area contributed by atoms with Crippen LogP contribution in [0.3, 0.4) is 0 Å². The Labute approximate surface area is 126 Å². The molecule has 21 heavy (non-hydrogen) atoms. The maximum absolute atomic E-state index is 11.7. The maximum Gasteiger partial charge on any atom is 0.350 e. The van der Waals surface area contributed by atoms with E-state index in [0.717, 1.165) is 11.3 Å². The van der Waals surface area contributed by atoms with Gasteiger partial charge in [0.1, 0.15) is 15.6 Å². The van der Waals surface area contributed by atoms with Crippen LogP contribution in [-0.4, -0.2) is 30.0 Å². The quantitative estimate of drug-likeness (QED) is 0.818. The van der Waals surface area contributed by atoms with Crippen LogP contribution < -0.4 is 15.8 Å². The molecule has 0 bridgehead atoms. The van der Waals surface area contributed by atoms with E-state index in [1.165, 1.54) is 25.6 Å². The van der Waals surface area contributed by atoms with Crippen LogP contribution in [0.15, 0.2) is 6.20 Å². The number of aromatic nitrogens is 2.